The third-order valence-corrected chi connectivity index (χ3v) is 6.96. The lowest BCUT2D eigenvalue weighted by Gasteiger charge is -2.36. The first kappa shape index (κ1) is 25.5. The van der Waals surface area contributed by atoms with E-state index in [0.29, 0.717) is 37.8 Å². The molecule has 0 saturated carbocycles. The van der Waals surface area contributed by atoms with Crippen LogP contribution in [0, 0.1) is 17.5 Å². The van der Waals surface area contributed by atoms with Crippen molar-refractivity contribution in [3.8, 4) is 0 Å². The summed E-state index contributed by atoms with van der Waals surface area (Å²) in [5, 5.41) is 20.1. The number of carbonyl (C=O) groups excluding carboxylic acids is 1. The van der Waals surface area contributed by atoms with E-state index in [0.717, 1.165) is 11.8 Å². The number of hydrogen-bond acceptors (Lipinski definition) is 6. The molecule has 1 saturated heterocycles. The van der Waals surface area contributed by atoms with Crippen molar-refractivity contribution in [3.63, 3.8) is 0 Å². The van der Waals surface area contributed by atoms with Crippen LogP contribution in [0.25, 0.3) is 0 Å². The Morgan fingerprint density at radius 3 is 2.39 bits per heavy atom. The van der Waals surface area contributed by atoms with E-state index in [1.807, 2.05) is 0 Å². The van der Waals surface area contributed by atoms with Crippen LogP contribution in [0.4, 0.5) is 18.9 Å². The highest BCUT2D eigenvalue weighted by Crippen LogP contribution is 2.36. The van der Waals surface area contributed by atoms with E-state index in [-0.39, 0.29) is 23.8 Å². The molecule has 4 aromatic rings. The molecular formula is C26H26F3N7O2. The molecule has 1 aliphatic heterocycles. The second-order valence-corrected chi connectivity index (χ2v) is 9.28. The standard InChI is InChI=1S/C26H26F3N7O2/c1-18(26(38,15-35-17-30-16-32-35)23-7-4-21(28)12-24(23)29)36-14-19(13-31-36)25(37)34-10-8-33(9-11-34)22-5-2-20(27)3-6-22/h2-7,12-14,16-18,38H,8-11,15H2,1H3/t18-,26-/m1/s1. The van der Waals surface area contributed by atoms with Crippen molar-refractivity contribution < 1.29 is 23.1 Å². The van der Waals surface area contributed by atoms with Crippen molar-refractivity contribution in [2.24, 2.45) is 0 Å². The van der Waals surface area contributed by atoms with Crippen LogP contribution in [0.1, 0.15) is 28.9 Å². The number of halogens is 3. The van der Waals surface area contributed by atoms with Crippen molar-refractivity contribution in [1.82, 2.24) is 29.4 Å². The van der Waals surface area contributed by atoms with Gasteiger partial charge in [-0.25, -0.2) is 22.8 Å². The van der Waals surface area contributed by atoms with Gasteiger partial charge in [0.05, 0.1) is 24.3 Å². The van der Waals surface area contributed by atoms with Crippen LogP contribution in [-0.4, -0.2) is 66.6 Å². The molecule has 5 rings (SSSR count). The van der Waals surface area contributed by atoms with E-state index in [2.05, 4.69) is 20.1 Å². The topological polar surface area (TPSA) is 92.3 Å². The fourth-order valence-electron chi connectivity index (χ4n) is 4.73. The monoisotopic (exact) mass is 525 g/mol. The molecule has 0 unspecified atom stereocenters. The third kappa shape index (κ3) is 4.99. The van der Waals surface area contributed by atoms with Crippen LogP contribution in [0.3, 0.4) is 0 Å². The largest absolute Gasteiger partial charge is 0.381 e. The maximum Gasteiger partial charge on any atom is 0.257 e. The van der Waals surface area contributed by atoms with Crippen LogP contribution in [0.15, 0.2) is 67.5 Å². The summed E-state index contributed by atoms with van der Waals surface area (Å²) in [5.41, 5.74) is -0.838. The Morgan fingerprint density at radius 1 is 1.03 bits per heavy atom. The lowest BCUT2D eigenvalue weighted by molar-refractivity contribution is -0.0369. The zero-order valence-corrected chi connectivity index (χ0v) is 20.6. The van der Waals surface area contributed by atoms with Crippen LogP contribution in [0.2, 0.25) is 0 Å². The van der Waals surface area contributed by atoms with E-state index in [1.165, 1.54) is 52.6 Å². The second kappa shape index (κ2) is 10.3. The van der Waals surface area contributed by atoms with Crippen molar-refractivity contribution in [1.29, 1.82) is 0 Å². The fourth-order valence-corrected chi connectivity index (χ4v) is 4.73. The Hall–Kier alpha value is -4.19. The van der Waals surface area contributed by atoms with E-state index in [9.17, 15) is 23.1 Å². The minimum Gasteiger partial charge on any atom is -0.381 e. The molecule has 1 amide bonds. The van der Waals surface area contributed by atoms with Gasteiger partial charge in [-0.3, -0.25) is 9.48 Å². The summed E-state index contributed by atoms with van der Waals surface area (Å²) in [6, 6.07) is 8.33. The van der Waals surface area contributed by atoms with Crippen molar-refractivity contribution in [3.05, 3.63) is 96.1 Å². The average molecular weight is 526 g/mol. The highest BCUT2D eigenvalue weighted by atomic mass is 19.1. The average Bonchev–Trinajstić information content (AvgIpc) is 3.61. The van der Waals surface area contributed by atoms with E-state index < -0.39 is 23.3 Å². The van der Waals surface area contributed by atoms with Gasteiger partial charge >= 0.3 is 0 Å². The van der Waals surface area contributed by atoms with E-state index in [4.69, 9.17) is 0 Å². The number of anilines is 1. The van der Waals surface area contributed by atoms with Crippen LogP contribution in [0.5, 0.6) is 0 Å². The Labute approximate surface area is 216 Å². The van der Waals surface area contributed by atoms with Crippen LogP contribution in [-0.2, 0) is 12.1 Å². The molecule has 0 spiro atoms. The van der Waals surface area contributed by atoms with Crippen molar-refractivity contribution >= 4 is 11.6 Å². The lowest BCUT2D eigenvalue weighted by Crippen LogP contribution is -2.48. The molecule has 1 fully saturated rings. The first-order valence-electron chi connectivity index (χ1n) is 12.1. The molecule has 198 valence electrons. The molecule has 38 heavy (non-hydrogen) atoms. The summed E-state index contributed by atoms with van der Waals surface area (Å²) in [5.74, 6) is -2.21. The summed E-state index contributed by atoms with van der Waals surface area (Å²) in [7, 11) is 0. The molecular weight excluding hydrogens is 499 g/mol. The number of aliphatic hydroxyl groups is 1. The van der Waals surface area contributed by atoms with Gasteiger partial charge in [0.15, 0.2) is 0 Å². The van der Waals surface area contributed by atoms with E-state index >= 15 is 0 Å². The van der Waals surface area contributed by atoms with Crippen LogP contribution < -0.4 is 4.90 Å². The maximum atomic E-state index is 14.8. The van der Waals surface area contributed by atoms with Gasteiger partial charge in [0.2, 0.25) is 0 Å². The number of benzene rings is 2. The van der Waals surface area contributed by atoms with Gasteiger partial charge in [0.1, 0.15) is 35.7 Å². The predicted molar refractivity (Wildman–Crippen MR) is 132 cm³/mol. The maximum absolute atomic E-state index is 14.8. The Balaban J connectivity index is 1.34. The van der Waals surface area contributed by atoms with Gasteiger partial charge < -0.3 is 14.9 Å². The second-order valence-electron chi connectivity index (χ2n) is 9.28. The van der Waals surface area contributed by atoms with Crippen LogP contribution >= 0.6 is 0 Å². The molecule has 0 aliphatic carbocycles. The molecule has 3 heterocycles. The zero-order chi connectivity index (χ0) is 26.9. The fraction of sp³-hybridized carbons (Fsp3) is 0.308. The molecule has 2 aromatic carbocycles. The molecule has 2 atom stereocenters. The predicted octanol–water partition coefficient (Wildman–Crippen LogP) is 3.00. The minimum absolute atomic E-state index is 0.137. The highest BCUT2D eigenvalue weighted by Gasteiger charge is 2.41. The first-order valence-corrected chi connectivity index (χ1v) is 12.1. The normalized spacial score (nSPS) is 16.3. The highest BCUT2D eigenvalue weighted by molar-refractivity contribution is 5.93. The molecule has 9 nitrogen and oxygen atoms in total. The minimum atomic E-state index is -1.90. The summed E-state index contributed by atoms with van der Waals surface area (Å²) < 4.78 is 44.4. The number of piperazine rings is 1. The number of rotatable bonds is 7. The molecule has 0 bridgehead atoms. The summed E-state index contributed by atoms with van der Waals surface area (Å²) in [4.78, 5) is 20.9. The van der Waals surface area contributed by atoms with Gasteiger partial charge in [0, 0.05) is 49.7 Å². The lowest BCUT2D eigenvalue weighted by atomic mass is 9.86. The van der Waals surface area contributed by atoms with Gasteiger partial charge in [-0.1, -0.05) is 6.07 Å². The number of carbonyl (C=O) groups is 1. The van der Waals surface area contributed by atoms with E-state index in [1.54, 1.807) is 24.0 Å². The van der Waals surface area contributed by atoms with Crippen molar-refractivity contribution in [2.45, 2.75) is 25.1 Å². The van der Waals surface area contributed by atoms with Gasteiger partial charge in [-0.05, 0) is 37.3 Å². The molecule has 2 aromatic heterocycles. The van der Waals surface area contributed by atoms with Gasteiger partial charge in [-0.2, -0.15) is 10.2 Å². The smallest absolute Gasteiger partial charge is 0.257 e. The van der Waals surface area contributed by atoms with Crippen molar-refractivity contribution in [2.75, 3.05) is 31.1 Å². The van der Waals surface area contributed by atoms with Gasteiger partial charge in [-0.15, -0.1) is 0 Å². The number of aromatic nitrogens is 5. The molecule has 1 N–H and O–H groups in total. The Kier molecular flexibility index (Phi) is 6.89. The molecule has 1 aliphatic rings. The number of nitrogens with zero attached hydrogens (tertiary/aromatic N) is 7. The Bertz CT molecular complexity index is 1400. The zero-order valence-electron chi connectivity index (χ0n) is 20.6. The molecule has 0 radical (unpaired) electrons. The first-order chi connectivity index (χ1) is 18.2. The number of hydrogen-bond donors (Lipinski definition) is 1. The van der Waals surface area contributed by atoms with Gasteiger partial charge in [0.25, 0.3) is 5.91 Å². The summed E-state index contributed by atoms with van der Waals surface area (Å²) in [6.45, 7) is 3.54. The third-order valence-electron chi connectivity index (χ3n) is 6.96. The quantitative estimate of drug-likeness (QED) is 0.399. The number of amides is 1. The molecule has 12 heteroatoms. The summed E-state index contributed by atoms with van der Waals surface area (Å²) in [6.07, 6.45) is 5.57. The summed E-state index contributed by atoms with van der Waals surface area (Å²) >= 11 is 0. The SMILES string of the molecule is C[C@@H](n1cc(C(=O)N2CCN(c3ccc(F)cc3)CC2)cn1)[C@](O)(Cn1cncn1)c1ccc(F)cc1F. The Morgan fingerprint density at radius 2 is 1.74 bits per heavy atom.